The zero-order valence-corrected chi connectivity index (χ0v) is 20.2. The summed E-state index contributed by atoms with van der Waals surface area (Å²) in [6, 6.07) is 21.3. The van der Waals surface area contributed by atoms with Gasteiger partial charge in [0.05, 0.1) is 11.1 Å². The van der Waals surface area contributed by atoms with E-state index in [1.165, 1.54) is 0 Å². The fourth-order valence-electron chi connectivity index (χ4n) is 2.90. The second-order valence-electron chi connectivity index (χ2n) is 7.86. The summed E-state index contributed by atoms with van der Waals surface area (Å²) in [5.74, 6) is 1.33. The number of ether oxygens (including phenoxy) is 2. The minimum absolute atomic E-state index is 0.111. The molecular weight excluding hydrogens is 484 g/mol. The predicted molar refractivity (Wildman–Crippen MR) is 134 cm³/mol. The minimum Gasteiger partial charge on any atom is -0.492 e. The van der Waals surface area contributed by atoms with Gasteiger partial charge in [-0.1, -0.05) is 38.1 Å². The number of para-hydroxylation sites is 1. The van der Waals surface area contributed by atoms with Gasteiger partial charge in [-0.25, -0.2) is 0 Å². The smallest absolute Gasteiger partial charge is 0.262 e. The van der Waals surface area contributed by atoms with Crippen molar-refractivity contribution in [2.24, 2.45) is 5.92 Å². The van der Waals surface area contributed by atoms with Crippen LogP contribution in [0.4, 0.5) is 11.4 Å². The van der Waals surface area contributed by atoms with Gasteiger partial charge < -0.3 is 20.1 Å². The lowest BCUT2D eigenvalue weighted by atomic mass is 10.1. The van der Waals surface area contributed by atoms with Gasteiger partial charge in [0.15, 0.2) is 6.61 Å². The van der Waals surface area contributed by atoms with E-state index < -0.39 is 0 Å². The average Bonchev–Trinajstić information content (AvgIpc) is 2.79. The molecule has 0 aliphatic rings. The first-order valence-electron chi connectivity index (χ1n) is 10.7. The molecule has 172 valence electrons. The van der Waals surface area contributed by atoms with Crippen molar-refractivity contribution in [1.29, 1.82) is 0 Å². The maximum Gasteiger partial charge on any atom is 0.262 e. The highest BCUT2D eigenvalue weighted by Gasteiger charge is 2.11. The van der Waals surface area contributed by atoms with Gasteiger partial charge in [0.25, 0.3) is 11.8 Å². The zero-order valence-electron chi connectivity index (χ0n) is 18.6. The van der Waals surface area contributed by atoms with Crippen molar-refractivity contribution in [3.8, 4) is 11.5 Å². The van der Waals surface area contributed by atoms with Gasteiger partial charge >= 0.3 is 0 Å². The Labute approximate surface area is 202 Å². The summed E-state index contributed by atoms with van der Waals surface area (Å²) in [4.78, 5) is 24.9. The lowest BCUT2D eigenvalue weighted by Gasteiger charge is -2.12. The Bertz CT molecular complexity index is 1090. The van der Waals surface area contributed by atoms with Crippen molar-refractivity contribution in [3.63, 3.8) is 0 Å². The van der Waals surface area contributed by atoms with Crippen molar-refractivity contribution in [2.45, 2.75) is 20.3 Å². The Kier molecular flexibility index (Phi) is 8.89. The van der Waals surface area contributed by atoms with Gasteiger partial charge in [-0.2, -0.15) is 0 Å². The Hall–Kier alpha value is -3.32. The van der Waals surface area contributed by atoms with Crippen LogP contribution in [0.5, 0.6) is 11.5 Å². The number of benzene rings is 3. The Morgan fingerprint density at radius 3 is 2.30 bits per heavy atom. The van der Waals surface area contributed by atoms with Gasteiger partial charge in [-0.05, 0) is 76.8 Å². The number of anilines is 2. The van der Waals surface area contributed by atoms with E-state index in [2.05, 4.69) is 40.4 Å². The Morgan fingerprint density at radius 2 is 1.61 bits per heavy atom. The van der Waals surface area contributed by atoms with Crippen molar-refractivity contribution in [3.05, 3.63) is 82.8 Å². The molecule has 3 aromatic rings. The molecule has 33 heavy (non-hydrogen) atoms. The summed E-state index contributed by atoms with van der Waals surface area (Å²) in [6.07, 6.45) is 0.958. The van der Waals surface area contributed by atoms with E-state index in [-0.39, 0.29) is 18.4 Å². The molecule has 0 aromatic heterocycles. The standard InChI is InChI=1S/C26H27BrN2O4/c1-18(2)13-14-32-24-12-11-19(15-23(24)27)26(31)29-21-8-6-7-20(16-21)28-25(30)17-33-22-9-4-3-5-10-22/h3-12,15-16,18H,13-14,17H2,1-2H3,(H,28,30)(H,29,31). The van der Waals surface area contributed by atoms with E-state index >= 15 is 0 Å². The van der Waals surface area contributed by atoms with E-state index in [1.807, 2.05) is 18.2 Å². The third-order valence-electron chi connectivity index (χ3n) is 4.66. The Balaban J connectivity index is 1.55. The number of hydrogen-bond donors (Lipinski definition) is 2. The number of halogens is 1. The number of carbonyl (C=O) groups is 2. The first-order chi connectivity index (χ1) is 15.9. The highest BCUT2D eigenvalue weighted by atomic mass is 79.9. The van der Waals surface area contributed by atoms with Crippen LogP contribution in [0.3, 0.4) is 0 Å². The Morgan fingerprint density at radius 1 is 0.879 bits per heavy atom. The number of hydrogen-bond acceptors (Lipinski definition) is 4. The van der Waals surface area contributed by atoms with Gasteiger partial charge in [0.2, 0.25) is 0 Å². The van der Waals surface area contributed by atoms with E-state index in [9.17, 15) is 9.59 Å². The van der Waals surface area contributed by atoms with Crippen molar-refractivity contribution in [2.75, 3.05) is 23.8 Å². The molecule has 6 nitrogen and oxygen atoms in total. The maximum absolute atomic E-state index is 12.7. The topological polar surface area (TPSA) is 76.7 Å². The van der Waals surface area contributed by atoms with Crippen LogP contribution in [0.2, 0.25) is 0 Å². The van der Waals surface area contributed by atoms with Crippen LogP contribution in [-0.4, -0.2) is 25.0 Å². The van der Waals surface area contributed by atoms with Crippen molar-refractivity contribution >= 4 is 39.1 Å². The first kappa shape index (κ1) is 24.3. The fourth-order valence-corrected chi connectivity index (χ4v) is 3.40. The van der Waals surface area contributed by atoms with Crippen LogP contribution >= 0.6 is 15.9 Å². The van der Waals surface area contributed by atoms with Crippen LogP contribution in [0.25, 0.3) is 0 Å². The fraction of sp³-hybridized carbons (Fsp3) is 0.231. The monoisotopic (exact) mass is 510 g/mol. The van der Waals surface area contributed by atoms with E-state index in [0.717, 1.165) is 10.9 Å². The van der Waals surface area contributed by atoms with Crippen LogP contribution in [0.1, 0.15) is 30.6 Å². The van der Waals surface area contributed by atoms with Gasteiger partial charge in [-0.3, -0.25) is 9.59 Å². The third kappa shape index (κ3) is 7.95. The molecule has 0 fully saturated rings. The number of amides is 2. The van der Waals surface area contributed by atoms with E-state index in [0.29, 0.717) is 41.0 Å². The van der Waals surface area contributed by atoms with Crippen molar-refractivity contribution < 1.29 is 19.1 Å². The van der Waals surface area contributed by atoms with Gasteiger partial charge in [0, 0.05) is 16.9 Å². The third-order valence-corrected chi connectivity index (χ3v) is 5.28. The summed E-state index contributed by atoms with van der Waals surface area (Å²) in [5.41, 5.74) is 1.61. The second-order valence-corrected chi connectivity index (χ2v) is 8.72. The summed E-state index contributed by atoms with van der Waals surface area (Å²) in [6.45, 7) is 4.80. The van der Waals surface area contributed by atoms with E-state index in [1.54, 1.807) is 54.6 Å². The highest BCUT2D eigenvalue weighted by molar-refractivity contribution is 9.10. The zero-order chi connectivity index (χ0) is 23.6. The van der Waals surface area contributed by atoms with Crippen LogP contribution < -0.4 is 20.1 Å². The summed E-state index contributed by atoms with van der Waals surface area (Å²) < 4.78 is 11.9. The summed E-state index contributed by atoms with van der Waals surface area (Å²) >= 11 is 3.47. The molecule has 0 heterocycles. The molecular formula is C26H27BrN2O4. The first-order valence-corrected chi connectivity index (χ1v) is 11.5. The van der Waals surface area contributed by atoms with E-state index in [4.69, 9.17) is 9.47 Å². The second kappa shape index (κ2) is 12.1. The highest BCUT2D eigenvalue weighted by Crippen LogP contribution is 2.27. The van der Waals surface area contributed by atoms with Gasteiger partial charge in [-0.15, -0.1) is 0 Å². The normalized spacial score (nSPS) is 10.5. The number of rotatable bonds is 10. The quantitative estimate of drug-likeness (QED) is 0.343. The molecule has 3 rings (SSSR count). The molecule has 0 bridgehead atoms. The lowest BCUT2D eigenvalue weighted by molar-refractivity contribution is -0.118. The predicted octanol–water partition coefficient (Wildman–Crippen LogP) is 6.14. The molecule has 0 aliphatic carbocycles. The molecule has 0 saturated carbocycles. The molecule has 2 N–H and O–H groups in total. The lowest BCUT2D eigenvalue weighted by Crippen LogP contribution is -2.20. The molecule has 0 unspecified atom stereocenters. The molecule has 0 atom stereocenters. The summed E-state index contributed by atoms with van der Waals surface area (Å²) in [5, 5.41) is 5.62. The SMILES string of the molecule is CC(C)CCOc1ccc(C(=O)Nc2cccc(NC(=O)COc3ccccc3)c2)cc1Br. The largest absolute Gasteiger partial charge is 0.492 e. The number of nitrogens with one attached hydrogen (secondary N) is 2. The van der Waals surface area contributed by atoms with Crippen LogP contribution in [0.15, 0.2) is 77.3 Å². The van der Waals surface area contributed by atoms with Crippen molar-refractivity contribution in [1.82, 2.24) is 0 Å². The molecule has 0 aliphatic heterocycles. The number of carbonyl (C=O) groups excluding carboxylic acids is 2. The molecule has 3 aromatic carbocycles. The average molecular weight is 511 g/mol. The molecule has 0 spiro atoms. The van der Waals surface area contributed by atoms with Gasteiger partial charge in [0.1, 0.15) is 11.5 Å². The molecule has 0 saturated heterocycles. The molecule has 2 amide bonds. The van der Waals surface area contributed by atoms with Crippen LogP contribution in [-0.2, 0) is 4.79 Å². The molecule has 7 heteroatoms. The minimum atomic E-state index is -0.292. The summed E-state index contributed by atoms with van der Waals surface area (Å²) in [7, 11) is 0. The molecule has 0 radical (unpaired) electrons. The maximum atomic E-state index is 12.7. The van der Waals surface area contributed by atoms with Crippen LogP contribution in [0, 0.1) is 5.92 Å².